The summed E-state index contributed by atoms with van der Waals surface area (Å²) < 4.78 is 20.3. The van der Waals surface area contributed by atoms with Crippen molar-refractivity contribution in [1.82, 2.24) is 20.0 Å². The number of nitrogens with one attached hydrogen (secondary N) is 1. The van der Waals surface area contributed by atoms with Crippen LogP contribution in [0.5, 0.6) is 5.75 Å². The van der Waals surface area contributed by atoms with E-state index in [1.54, 1.807) is 30.0 Å². The second-order valence-corrected chi connectivity index (χ2v) is 7.34. The first-order chi connectivity index (χ1) is 14.6. The molecule has 0 saturated carbocycles. The normalized spacial score (nSPS) is 14.1. The number of hydrogen-bond donors (Lipinski definition) is 1. The molecule has 7 heteroatoms. The molecule has 0 aliphatic carbocycles. The minimum atomic E-state index is -0.337. The maximum absolute atomic E-state index is 13.4. The van der Waals surface area contributed by atoms with Gasteiger partial charge in [0.05, 0.1) is 18.5 Å². The van der Waals surface area contributed by atoms with E-state index in [4.69, 9.17) is 4.74 Å². The summed E-state index contributed by atoms with van der Waals surface area (Å²) in [5.74, 6) is 0.163. The van der Waals surface area contributed by atoms with E-state index in [1.807, 2.05) is 24.3 Å². The van der Waals surface area contributed by atoms with Crippen LogP contribution in [0.15, 0.2) is 54.6 Å². The molecule has 1 fully saturated rings. The lowest BCUT2D eigenvalue weighted by Crippen LogP contribution is -2.34. The Kier molecular flexibility index (Phi) is 6.09. The summed E-state index contributed by atoms with van der Waals surface area (Å²) in [5, 5.41) is 7.62. The Morgan fingerprint density at radius 3 is 2.63 bits per heavy atom. The van der Waals surface area contributed by atoms with E-state index in [9.17, 15) is 9.18 Å². The van der Waals surface area contributed by atoms with Crippen LogP contribution in [-0.4, -0.2) is 53.9 Å². The smallest absolute Gasteiger partial charge is 0.270 e. The lowest BCUT2D eigenvalue weighted by molar-refractivity contribution is 0.0942. The van der Waals surface area contributed by atoms with E-state index in [1.165, 1.54) is 25.0 Å². The van der Waals surface area contributed by atoms with Gasteiger partial charge in [0.25, 0.3) is 5.91 Å². The van der Waals surface area contributed by atoms with Crippen LogP contribution in [0.25, 0.3) is 16.9 Å². The summed E-state index contributed by atoms with van der Waals surface area (Å²) in [4.78, 5) is 15.3. The van der Waals surface area contributed by atoms with Crippen LogP contribution < -0.4 is 10.1 Å². The first-order valence-electron chi connectivity index (χ1n) is 10.1. The van der Waals surface area contributed by atoms with E-state index in [2.05, 4.69) is 15.3 Å². The number of likely N-dealkylation sites (tertiary alicyclic amines) is 1. The van der Waals surface area contributed by atoms with Crippen LogP contribution in [0, 0.1) is 5.82 Å². The highest BCUT2D eigenvalue weighted by atomic mass is 19.1. The molecule has 1 aliphatic heterocycles. The molecule has 30 heavy (non-hydrogen) atoms. The molecule has 1 saturated heterocycles. The second-order valence-electron chi connectivity index (χ2n) is 7.34. The molecule has 2 heterocycles. The quantitative estimate of drug-likeness (QED) is 0.650. The molecule has 156 valence electrons. The van der Waals surface area contributed by atoms with Crippen molar-refractivity contribution in [2.75, 3.05) is 33.3 Å². The zero-order valence-electron chi connectivity index (χ0n) is 17.0. The topological polar surface area (TPSA) is 59.4 Å². The van der Waals surface area contributed by atoms with Gasteiger partial charge in [-0.25, -0.2) is 9.07 Å². The zero-order chi connectivity index (χ0) is 20.9. The van der Waals surface area contributed by atoms with Crippen molar-refractivity contribution in [3.05, 3.63) is 66.1 Å². The zero-order valence-corrected chi connectivity index (χ0v) is 17.0. The second kappa shape index (κ2) is 9.09. The maximum Gasteiger partial charge on any atom is 0.270 e. The van der Waals surface area contributed by atoms with E-state index < -0.39 is 0 Å². The fourth-order valence-electron chi connectivity index (χ4n) is 3.67. The third kappa shape index (κ3) is 4.52. The number of aromatic nitrogens is 2. The van der Waals surface area contributed by atoms with Gasteiger partial charge >= 0.3 is 0 Å². The summed E-state index contributed by atoms with van der Waals surface area (Å²) in [6.45, 7) is 3.58. The van der Waals surface area contributed by atoms with Gasteiger partial charge in [-0.15, -0.1) is 0 Å². The summed E-state index contributed by atoms with van der Waals surface area (Å²) in [5.41, 5.74) is 2.50. The Bertz CT molecular complexity index is 1010. The molecule has 1 aromatic heterocycles. The van der Waals surface area contributed by atoms with Crippen LogP contribution in [-0.2, 0) is 0 Å². The van der Waals surface area contributed by atoms with Gasteiger partial charge in [-0.3, -0.25) is 4.79 Å². The Labute approximate surface area is 175 Å². The predicted octanol–water partition coefficient (Wildman–Crippen LogP) is 3.51. The number of rotatable bonds is 7. The van der Waals surface area contributed by atoms with E-state index in [0.29, 0.717) is 29.4 Å². The average Bonchev–Trinajstić information content (AvgIpc) is 3.44. The fraction of sp³-hybridized carbons (Fsp3) is 0.304. The van der Waals surface area contributed by atoms with Crippen molar-refractivity contribution in [3.8, 4) is 22.7 Å². The van der Waals surface area contributed by atoms with Crippen molar-refractivity contribution in [3.63, 3.8) is 0 Å². The first kappa shape index (κ1) is 20.1. The van der Waals surface area contributed by atoms with Crippen molar-refractivity contribution in [2.45, 2.75) is 12.8 Å². The summed E-state index contributed by atoms with van der Waals surface area (Å²) >= 11 is 0. The third-order valence-corrected chi connectivity index (χ3v) is 5.29. The Hall–Kier alpha value is -3.19. The van der Waals surface area contributed by atoms with E-state index in [-0.39, 0.29) is 11.7 Å². The van der Waals surface area contributed by atoms with Crippen LogP contribution in [0.4, 0.5) is 4.39 Å². The summed E-state index contributed by atoms with van der Waals surface area (Å²) in [6.07, 6.45) is 2.43. The number of carbonyl (C=O) groups excluding carboxylic acids is 1. The predicted molar refractivity (Wildman–Crippen MR) is 114 cm³/mol. The number of nitrogens with zero attached hydrogens (tertiary/aromatic N) is 3. The highest BCUT2D eigenvalue weighted by Gasteiger charge is 2.19. The molecule has 2 aromatic carbocycles. The Morgan fingerprint density at radius 2 is 1.90 bits per heavy atom. The van der Waals surface area contributed by atoms with Crippen molar-refractivity contribution in [2.24, 2.45) is 0 Å². The molecule has 0 atom stereocenters. The number of ether oxygens (including phenoxy) is 1. The first-order valence-corrected chi connectivity index (χ1v) is 10.1. The molecule has 3 aromatic rings. The van der Waals surface area contributed by atoms with Crippen molar-refractivity contribution >= 4 is 5.91 Å². The standard InChI is InChI=1S/C23H25FN4O2/c1-30-20-6-4-5-17(15-20)21-16-22(23(29)25-11-14-27-12-2-3-13-27)28(26-21)19-9-7-18(24)8-10-19/h4-10,15-16H,2-3,11-14H2,1H3,(H,25,29). The molecule has 0 radical (unpaired) electrons. The van der Waals surface area contributed by atoms with Crippen LogP contribution in [0.1, 0.15) is 23.3 Å². The van der Waals surface area contributed by atoms with Gasteiger partial charge in [-0.2, -0.15) is 5.10 Å². The molecular weight excluding hydrogens is 383 g/mol. The number of methoxy groups -OCH3 is 1. The molecule has 0 spiro atoms. The molecule has 1 amide bonds. The Morgan fingerprint density at radius 1 is 1.13 bits per heavy atom. The third-order valence-electron chi connectivity index (χ3n) is 5.29. The number of benzene rings is 2. The van der Waals surface area contributed by atoms with Crippen LogP contribution in [0.2, 0.25) is 0 Å². The Balaban J connectivity index is 1.61. The highest BCUT2D eigenvalue weighted by molar-refractivity contribution is 5.94. The molecule has 6 nitrogen and oxygen atoms in total. The number of amides is 1. The van der Waals surface area contributed by atoms with Crippen LogP contribution >= 0.6 is 0 Å². The van der Waals surface area contributed by atoms with E-state index >= 15 is 0 Å². The largest absolute Gasteiger partial charge is 0.497 e. The number of carbonyl (C=O) groups is 1. The lowest BCUT2D eigenvalue weighted by atomic mass is 10.1. The van der Waals surface area contributed by atoms with Crippen LogP contribution in [0.3, 0.4) is 0 Å². The number of halogens is 1. The van der Waals surface area contributed by atoms with Gasteiger partial charge in [-0.05, 0) is 68.4 Å². The maximum atomic E-state index is 13.4. The summed E-state index contributed by atoms with van der Waals surface area (Å²) in [6, 6.07) is 15.2. The fourth-order valence-corrected chi connectivity index (χ4v) is 3.67. The minimum Gasteiger partial charge on any atom is -0.497 e. The van der Waals surface area contributed by atoms with Gasteiger partial charge in [0.15, 0.2) is 0 Å². The number of hydrogen-bond acceptors (Lipinski definition) is 4. The molecular formula is C23H25FN4O2. The SMILES string of the molecule is COc1cccc(-c2cc(C(=O)NCCN3CCCC3)n(-c3ccc(F)cc3)n2)c1. The van der Waals surface area contributed by atoms with Gasteiger partial charge in [0.2, 0.25) is 0 Å². The van der Waals surface area contributed by atoms with Crippen molar-refractivity contribution in [1.29, 1.82) is 0 Å². The lowest BCUT2D eigenvalue weighted by Gasteiger charge is -2.15. The molecule has 1 aliphatic rings. The average molecular weight is 408 g/mol. The molecule has 1 N–H and O–H groups in total. The van der Waals surface area contributed by atoms with Gasteiger partial charge in [0, 0.05) is 18.7 Å². The molecule has 4 rings (SSSR count). The highest BCUT2D eigenvalue weighted by Crippen LogP contribution is 2.25. The van der Waals surface area contributed by atoms with Gasteiger partial charge in [0.1, 0.15) is 17.3 Å². The van der Waals surface area contributed by atoms with Gasteiger partial charge < -0.3 is 15.0 Å². The van der Waals surface area contributed by atoms with Gasteiger partial charge in [-0.1, -0.05) is 12.1 Å². The molecule has 0 unspecified atom stereocenters. The molecule has 0 bridgehead atoms. The monoisotopic (exact) mass is 408 g/mol. The van der Waals surface area contributed by atoms with Crippen molar-refractivity contribution < 1.29 is 13.9 Å². The minimum absolute atomic E-state index is 0.208. The summed E-state index contributed by atoms with van der Waals surface area (Å²) in [7, 11) is 1.61. The van der Waals surface area contributed by atoms with E-state index in [0.717, 1.165) is 25.2 Å².